The highest BCUT2D eigenvalue weighted by Gasteiger charge is 2.33. The van der Waals surface area contributed by atoms with Gasteiger partial charge in [-0.3, -0.25) is 9.69 Å². The molecular weight excluding hydrogens is 637 g/mol. The number of anilines is 1. The monoisotopic (exact) mass is 657 g/mol. The average molecular weight is 658 g/mol. The molecule has 0 N–H and O–H groups in total. The van der Waals surface area contributed by atoms with Crippen LogP contribution in [-0.2, 0) is 11.4 Å². The highest BCUT2D eigenvalue weighted by atomic mass is 127. The second-order valence-corrected chi connectivity index (χ2v) is 11.5. The zero-order chi connectivity index (χ0) is 25.9. The Hall–Kier alpha value is -2.59. The van der Waals surface area contributed by atoms with Crippen LogP contribution in [0.2, 0.25) is 5.02 Å². The summed E-state index contributed by atoms with van der Waals surface area (Å²) in [5.74, 6) is 1.13. The standard InChI is InChI=1S/C29H21ClINO3S2/c1-2-34-25-14-18(15-26-28(33)32(29(36)37-26)22-11-6-10-21(30)16-22)13-24(31)27(25)35-17-20-9-5-8-19-7-3-4-12-23(19)20/h3-16H,2,17H2,1H3/b26-15-. The van der Waals surface area contributed by atoms with Gasteiger partial charge in [0.05, 0.1) is 20.8 Å². The van der Waals surface area contributed by atoms with E-state index < -0.39 is 0 Å². The lowest BCUT2D eigenvalue weighted by Gasteiger charge is -2.16. The van der Waals surface area contributed by atoms with Crippen molar-refractivity contribution in [2.75, 3.05) is 11.5 Å². The summed E-state index contributed by atoms with van der Waals surface area (Å²) in [6.45, 7) is 2.83. The molecular formula is C29H21ClINO3S2. The number of carbonyl (C=O) groups is 1. The first kappa shape index (κ1) is 26.0. The Balaban J connectivity index is 1.42. The van der Waals surface area contributed by atoms with Gasteiger partial charge in [0.25, 0.3) is 5.91 Å². The van der Waals surface area contributed by atoms with Crippen LogP contribution in [-0.4, -0.2) is 16.8 Å². The van der Waals surface area contributed by atoms with Crippen LogP contribution in [0.1, 0.15) is 18.1 Å². The largest absolute Gasteiger partial charge is 0.490 e. The molecule has 4 aromatic carbocycles. The molecule has 0 saturated carbocycles. The number of ether oxygens (including phenoxy) is 2. The van der Waals surface area contributed by atoms with Crippen LogP contribution in [0.5, 0.6) is 11.5 Å². The van der Waals surface area contributed by atoms with Crippen LogP contribution in [0.3, 0.4) is 0 Å². The van der Waals surface area contributed by atoms with E-state index in [0.717, 1.165) is 20.1 Å². The molecule has 4 nitrogen and oxygen atoms in total. The molecule has 0 aliphatic carbocycles. The molecule has 0 radical (unpaired) electrons. The van der Waals surface area contributed by atoms with Gasteiger partial charge in [-0.15, -0.1) is 0 Å². The van der Waals surface area contributed by atoms with Crippen molar-refractivity contribution in [1.29, 1.82) is 0 Å². The van der Waals surface area contributed by atoms with E-state index in [1.54, 1.807) is 18.2 Å². The van der Waals surface area contributed by atoms with E-state index in [1.807, 2.05) is 49.4 Å². The summed E-state index contributed by atoms with van der Waals surface area (Å²) < 4.78 is 13.6. The molecule has 0 bridgehead atoms. The third-order valence-electron chi connectivity index (χ3n) is 5.74. The van der Waals surface area contributed by atoms with Gasteiger partial charge in [-0.2, -0.15) is 0 Å². The molecule has 1 amide bonds. The predicted molar refractivity (Wildman–Crippen MR) is 166 cm³/mol. The zero-order valence-electron chi connectivity index (χ0n) is 19.7. The quantitative estimate of drug-likeness (QED) is 0.113. The van der Waals surface area contributed by atoms with Gasteiger partial charge in [-0.1, -0.05) is 84.1 Å². The fourth-order valence-corrected chi connectivity index (χ4v) is 6.36. The average Bonchev–Trinajstić information content (AvgIpc) is 3.16. The Morgan fingerprint density at radius 1 is 1.03 bits per heavy atom. The third kappa shape index (κ3) is 5.65. The van der Waals surface area contributed by atoms with Gasteiger partial charge in [0.15, 0.2) is 15.8 Å². The molecule has 0 aromatic heterocycles. The number of amides is 1. The fourth-order valence-electron chi connectivity index (χ4n) is 4.10. The Morgan fingerprint density at radius 2 is 1.81 bits per heavy atom. The molecule has 1 heterocycles. The number of hydrogen-bond acceptors (Lipinski definition) is 5. The van der Waals surface area contributed by atoms with E-state index in [2.05, 4.69) is 46.9 Å². The van der Waals surface area contributed by atoms with Crippen LogP contribution in [0.15, 0.2) is 83.8 Å². The Morgan fingerprint density at radius 3 is 2.62 bits per heavy atom. The van der Waals surface area contributed by atoms with Gasteiger partial charge in [-0.25, -0.2) is 0 Å². The van der Waals surface area contributed by atoms with Gasteiger partial charge in [0.1, 0.15) is 6.61 Å². The number of thioether (sulfide) groups is 1. The fraction of sp³-hybridized carbons (Fsp3) is 0.103. The SMILES string of the molecule is CCOc1cc(/C=C2\SC(=S)N(c3cccc(Cl)c3)C2=O)cc(I)c1OCc1cccc2ccccc12. The highest BCUT2D eigenvalue weighted by molar-refractivity contribution is 14.1. The topological polar surface area (TPSA) is 38.8 Å². The smallest absolute Gasteiger partial charge is 0.270 e. The summed E-state index contributed by atoms with van der Waals surface area (Å²) in [5.41, 5.74) is 2.59. The maximum Gasteiger partial charge on any atom is 0.270 e. The molecule has 37 heavy (non-hydrogen) atoms. The van der Waals surface area contributed by atoms with E-state index in [-0.39, 0.29) is 5.91 Å². The molecule has 4 aromatic rings. The van der Waals surface area contributed by atoms with Crippen LogP contribution in [0, 0.1) is 3.57 Å². The lowest BCUT2D eigenvalue weighted by Crippen LogP contribution is -2.27. The summed E-state index contributed by atoms with van der Waals surface area (Å²) in [6, 6.07) is 25.5. The molecule has 1 aliphatic heterocycles. The van der Waals surface area contributed by atoms with Crippen molar-refractivity contribution in [3.8, 4) is 11.5 Å². The minimum absolute atomic E-state index is 0.179. The van der Waals surface area contributed by atoms with Crippen molar-refractivity contribution in [3.63, 3.8) is 0 Å². The van der Waals surface area contributed by atoms with E-state index in [4.69, 9.17) is 33.3 Å². The van der Waals surface area contributed by atoms with E-state index >= 15 is 0 Å². The van der Waals surface area contributed by atoms with Gasteiger partial charge >= 0.3 is 0 Å². The molecule has 1 saturated heterocycles. The summed E-state index contributed by atoms with van der Waals surface area (Å²) in [5, 5.41) is 2.88. The molecule has 5 rings (SSSR count). The van der Waals surface area contributed by atoms with Crippen molar-refractivity contribution in [2.24, 2.45) is 0 Å². The van der Waals surface area contributed by atoms with Gasteiger partial charge in [0.2, 0.25) is 0 Å². The maximum atomic E-state index is 13.2. The van der Waals surface area contributed by atoms with Crippen molar-refractivity contribution < 1.29 is 14.3 Å². The number of nitrogens with zero attached hydrogens (tertiary/aromatic N) is 1. The number of fused-ring (bicyclic) bond motifs is 1. The maximum absolute atomic E-state index is 13.2. The second kappa shape index (κ2) is 11.4. The third-order valence-corrected chi connectivity index (χ3v) is 8.08. The Labute approximate surface area is 243 Å². The number of carbonyl (C=O) groups excluding carboxylic acids is 1. The molecule has 8 heteroatoms. The number of thiocarbonyl (C=S) groups is 1. The van der Waals surface area contributed by atoms with Gasteiger partial charge in [-0.05, 0) is 87.8 Å². The molecule has 0 spiro atoms. The van der Waals surface area contributed by atoms with Crippen molar-refractivity contribution in [1.82, 2.24) is 0 Å². The molecule has 1 fully saturated rings. The Bertz CT molecular complexity index is 1550. The first-order chi connectivity index (χ1) is 17.9. The normalized spacial score (nSPS) is 14.6. The molecule has 0 atom stereocenters. The summed E-state index contributed by atoms with van der Waals surface area (Å²) in [4.78, 5) is 15.3. The zero-order valence-corrected chi connectivity index (χ0v) is 24.3. The number of halogens is 2. The van der Waals surface area contributed by atoms with E-state index in [0.29, 0.717) is 44.6 Å². The van der Waals surface area contributed by atoms with E-state index in [9.17, 15) is 4.79 Å². The summed E-state index contributed by atoms with van der Waals surface area (Å²) >= 11 is 15.1. The van der Waals surface area contributed by atoms with E-state index in [1.165, 1.54) is 22.0 Å². The lowest BCUT2D eigenvalue weighted by atomic mass is 10.1. The summed E-state index contributed by atoms with van der Waals surface area (Å²) in [7, 11) is 0. The van der Waals surface area contributed by atoms with Crippen LogP contribution < -0.4 is 14.4 Å². The predicted octanol–water partition coefficient (Wildman–Crippen LogP) is 8.48. The van der Waals surface area contributed by atoms with Crippen LogP contribution in [0.4, 0.5) is 5.69 Å². The van der Waals surface area contributed by atoms with Crippen molar-refractivity contribution >= 4 is 90.9 Å². The minimum Gasteiger partial charge on any atom is -0.490 e. The number of benzene rings is 4. The van der Waals surface area contributed by atoms with Gasteiger partial charge in [0, 0.05) is 5.02 Å². The lowest BCUT2D eigenvalue weighted by molar-refractivity contribution is -0.113. The number of rotatable bonds is 7. The minimum atomic E-state index is -0.179. The van der Waals surface area contributed by atoms with Crippen molar-refractivity contribution in [2.45, 2.75) is 13.5 Å². The van der Waals surface area contributed by atoms with Crippen molar-refractivity contribution in [3.05, 3.63) is 103 Å². The highest BCUT2D eigenvalue weighted by Crippen LogP contribution is 2.39. The number of hydrogen-bond donors (Lipinski definition) is 0. The molecule has 0 unspecified atom stereocenters. The molecule has 186 valence electrons. The molecule has 1 aliphatic rings. The first-order valence-electron chi connectivity index (χ1n) is 11.5. The van der Waals surface area contributed by atoms with Gasteiger partial charge < -0.3 is 9.47 Å². The Kier molecular flexibility index (Phi) is 8.04. The first-order valence-corrected chi connectivity index (χ1v) is 14.2. The van der Waals surface area contributed by atoms with Crippen LogP contribution >= 0.6 is 58.2 Å². The second-order valence-electron chi connectivity index (χ2n) is 8.19. The summed E-state index contributed by atoms with van der Waals surface area (Å²) in [6.07, 6.45) is 1.84. The van der Waals surface area contributed by atoms with Crippen LogP contribution in [0.25, 0.3) is 16.8 Å².